The highest BCUT2D eigenvalue weighted by atomic mass is 16.5. The molecule has 1 rings (SSSR count). The maximum atomic E-state index is 9.26. The molecule has 0 heterocycles. The van der Waals surface area contributed by atoms with E-state index >= 15 is 0 Å². The van der Waals surface area contributed by atoms with Gasteiger partial charge >= 0.3 is 0 Å². The van der Waals surface area contributed by atoms with Crippen LogP contribution in [0.1, 0.15) is 19.3 Å². The van der Waals surface area contributed by atoms with Crippen LogP contribution in [0.15, 0.2) is 0 Å². The van der Waals surface area contributed by atoms with Crippen molar-refractivity contribution in [1.82, 2.24) is 0 Å². The Morgan fingerprint density at radius 3 is 2.50 bits per heavy atom. The van der Waals surface area contributed by atoms with Gasteiger partial charge in [-0.2, -0.15) is 0 Å². The van der Waals surface area contributed by atoms with E-state index in [1.54, 1.807) is 7.11 Å². The third-order valence-corrected chi connectivity index (χ3v) is 2.07. The van der Waals surface area contributed by atoms with E-state index in [0.29, 0.717) is 6.42 Å². The SMILES string of the molecule is CO[C@@H]1CCC[C@@H](O)[C@H]1O. The second-order valence-electron chi connectivity index (χ2n) is 2.76. The molecule has 0 aromatic carbocycles. The van der Waals surface area contributed by atoms with Crippen LogP contribution in [0.25, 0.3) is 0 Å². The molecule has 0 unspecified atom stereocenters. The summed E-state index contributed by atoms with van der Waals surface area (Å²) in [6.07, 6.45) is 1.06. The highest BCUT2D eigenvalue weighted by molar-refractivity contribution is 4.81. The van der Waals surface area contributed by atoms with Gasteiger partial charge in [0.2, 0.25) is 0 Å². The lowest BCUT2D eigenvalue weighted by molar-refractivity contribution is -0.0993. The topological polar surface area (TPSA) is 49.7 Å². The summed E-state index contributed by atoms with van der Waals surface area (Å²) in [5.41, 5.74) is 0. The van der Waals surface area contributed by atoms with Crippen LogP contribution in [0.4, 0.5) is 0 Å². The Kier molecular flexibility index (Phi) is 2.65. The summed E-state index contributed by atoms with van der Waals surface area (Å²) >= 11 is 0. The monoisotopic (exact) mass is 146 g/mol. The number of methoxy groups -OCH3 is 1. The zero-order valence-electron chi connectivity index (χ0n) is 6.16. The van der Waals surface area contributed by atoms with Crippen LogP contribution in [0.5, 0.6) is 0 Å². The summed E-state index contributed by atoms with van der Waals surface area (Å²) in [6, 6.07) is 0. The lowest BCUT2D eigenvalue weighted by atomic mass is 9.92. The first-order valence-corrected chi connectivity index (χ1v) is 3.64. The van der Waals surface area contributed by atoms with Crippen molar-refractivity contribution in [3.63, 3.8) is 0 Å². The zero-order chi connectivity index (χ0) is 7.56. The summed E-state index contributed by atoms with van der Waals surface area (Å²) in [6.45, 7) is 0. The fourth-order valence-electron chi connectivity index (χ4n) is 1.37. The van der Waals surface area contributed by atoms with E-state index in [0.717, 1.165) is 12.8 Å². The molecule has 1 aliphatic rings. The first kappa shape index (κ1) is 7.98. The van der Waals surface area contributed by atoms with Gasteiger partial charge in [0.15, 0.2) is 0 Å². The molecule has 3 atom stereocenters. The number of aliphatic hydroxyl groups is 2. The smallest absolute Gasteiger partial charge is 0.106 e. The molecule has 0 amide bonds. The van der Waals surface area contributed by atoms with Gasteiger partial charge in [0, 0.05) is 7.11 Å². The minimum Gasteiger partial charge on any atom is -0.390 e. The average Bonchev–Trinajstić information content (AvgIpc) is 1.95. The number of aliphatic hydroxyl groups excluding tert-OH is 2. The Balaban J connectivity index is 2.42. The van der Waals surface area contributed by atoms with Crippen LogP contribution in [-0.2, 0) is 4.74 Å². The Morgan fingerprint density at radius 2 is 2.00 bits per heavy atom. The van der Waals surface area contributed by atoms with E-state index in [-0.39, 0.29) is 6.10 Å². The van der Waals surface area contributed by atoms with Gasteiger partial charge in [-0.1, -0.05) is 0 Å². The van der Waals surface area contributed by atoms with Crippen molar-refractivity contribution in [2.45, 2.75) is 37.6 Å². The lowest BCUT2D eigenvalue weighted by Gasteiger charge is -2.30. The van der Waals surface area contributed by atoms with Gasteiger partial charge in [-0.3, -0.25) is 0 Å². The Labute approximate surface area is 60.6 Å². The van der Waals surface area contributed by atoms with E-state index in [1.165, 1.54) is 0 Å². The van der Waals surface area contributed by atoms with Crippen LogP contribution < -0.4 is 0 Å². The van der Waals surface area contributed by atoms with Crippen LogP contribution >= 0.6 is 0 Å². The first-order chi connectivity index (χ1) is 4.75. The Hall–Kier alpha value is -0.120. The molecule has 0 aliphatic heterocycles. The third kappa shape index (κ3) is 1.48. The van der Waals surface area contributed by atoms with E-state index in [2.05, 4.69) is 0 Å². The predicted molar refractivity (Wildman–Crippen MR) is 36.7 cm³/mol. The molecule has 1 fully saturated rings. The highest BCUT2D eigenvalue weighted by Gasteiger charge is 2.29. The Bertz CT molecular complexity index is 105. The molecule has 10 heavy (non-hydrogen) atoms. The normalized spacial score (nSPS) is 41.7. The van der Waals surface area contributed by atoms with Gasteiger partial charge in [-0.05, 0) is 19.3 Å². The van der Waals surface area contributed by atoms with E-state index in [4.69, 9.17) is 9.84 Å². The van der Waals surface area contributed by atoms with Gasteiger partial charge in [0.25, 0.3) is 0 Å². The third-order valence-electron chi connectivity index (χ3n) is 2.07. The molecule has 2 N–H and O–H groups in total. The van der Waals surface area contributed by atoms with Gasteiger partial charge in [0.05, 0.1) is 12.2 Å². The summed E-state index contributed by atoms with van der Waals surface area (Å²) in [4.78, 5) is 0. The van der Waals surface area contributed by atoms with E-state index in [1.807, 2.05) is 0 Å². The second-order valence-corrected chi connectivity index (χ2v) is 2.76. The number of hydrogen-bond donors (Lipinski definition) is 2. The quantitative estimate of drug-likeness (QED) is 0.543. The minimum absolute atomic E-state index is 0.163. The largest absolute Gasteiger partial charge is 0.390 e. The number of hydrogen-bond acceptors (Lipinski definition) is 3. The molecular formula is C7H14O3. The van der Waals surface area contributed by atoms with Crippen LogP contribution in [0.3, 0.4) is 0 Å². The van der Waals surface area contributed by atoms with Crippen molar-refractivity contribution >= 4 is 0 Å². The van der Waals surface area contributed by atoms with E-state index < -0.39 is 12.2 Å². The van der Waals surface area contributed by atoms with Crippen LogP contribution in [0.2, 0.25) is 0 Å². The first-order valence-electron chi connectivity index (χ1n) is 3.64. The fourth-order valence-corrected chi connectivity index (χ4v) is 1.37. The van der Waals surface area contributed by atoms with Gasteiger partial charge < -0.3 is 14.9 Å². The lowest BCUT2D eigenvalue weighted by Crippen LogP contribution is -2.41. The highest BCUT2D eigenvalue weighted by Crippen LogP contribution is 2.20. The van der Waals surface area contributed by atoms with Crippen molar-refractivity contribution in [2.24, 2.45) is 0 Å². The molecule has 1 saturated carbocycles. The molecule has 60 valence electrons. The predicted octanol–water partition coefficient (Wildman–Crippen LogP) is -0.0929. The summed E-state index contributed by atoms with van der Waals surface area (Å²) < 4.78 is 4.96. The average molecular weight is 146 g/mol. The summed E-state index contributed by atoms with van der Waals surface area (Å²) in [5.74, 6) is 0. The van der Waals surface area contributed by atoms with Gasteiger partial charge in [0.1, 0.15) is 6.10 Å². The molecule has 0 bridgehead atoms. The molecule has 3 nitrogen and oxygen atoms in total. The zero-order valence-corrected chi connectivity index (χ0v) is 6.16. The standard InChI is InChI=1S/C7H14O3/c1-10-6-4-2-3-5(8)7(6)9/h5-9H,2-4H2,1H3/t5-,6-,7-/m1/s1. The van der Waals surface area contributed by atoms with Crippen molar-refractivity contribution in [2.75, 3.05) is 7.11 Å². The van der Waals surface area contributed by atoms with Crippen molar-refractivity contribution in [3.05, 3.63) is 0 Å². The number of rotatable bonds is 1. The van der Waals surface area contributed by atoms with Crippen molar-refractivity contribution in [3.8, 4) is 0 Å². The van der Waals surface area contributed by atoms with E-state index in [9.17, 15) is 5.11 Å². The molecule has 0 aromatic heterocycles. The van der Waals surface area contributed by atoms with Crippen molar-refractivity contribution < 1.29 is 14.9 Å². The maximum Gasteiger partial charge on any atom is 0.106 e. The minimum atomic E-state index is -0.682. The maximum absolute atomic E-state index is 9.26. The molecule has 0 aromatic rings. The van der Waals surface area contributed by atoms with Gasteiger partial charge in [-0.25, -0.2) is 0 Å². The molecule has 0 spiro atoms. The number of ether oxygens (including phenoxy) is 1. The second kappa shape index (κ2) is 3.32. The van der Waals surface area contributed by atoms with Crippen LogP contribution in [0, 0.1) is 0 Å². The molecule has 0 radical (unpaired) electrons. The Morgan fingerprint density at radius 1 is 1.30 bits per heavy atom. The summed E-state index contributed by atoms with van der Waals surface area (Å²) in [5, 5.41) is 18.4. The van der Waals surface area contributed by atoms with Crippen molar-refractivity contribution in [1.29, 1.82) is 0 Å². The summed E-state index contributed by atoms with van der Waals surface area (Å²) in [7, 11) is 1.56. The van der Waals surface area contributed by atoms with Crippen LogP contribution in [-0.4, -0.2) is 35.6 Å². The molecular weight excluding hydrogens is 132 g/mol. The van der Waals surface area contributed by atoms with Gasteiger partial charge in [-0.15, -0.1) is 0 Å². The molecule has 0 saturated heterocycles. The molecule has 1 aliphatic carbocycles. The fraction of sp³-hybridized carbons (Fsp3) is 1.00. The molecule has 3 heteroatoms.